The van der Waals surface area contributed by atoms with Gasteiger partial charge in [0.1, 0.15) is 24.7 Å². The molecule has 0 radical (unpaired) electrons. The van der Waals surface area contributed by atoms with E-state index in [1.54, 1.807) is 13.2 Å². The molecule has 3 heterocycles. The number of aliphatic imine (C=N–C) groups is 1. The Morgan fingerprint density at radius 1 is 0.927 bits per heavy atom. The maximum absolute atomic E-state index is 13.1. The first-order valence-electron chi connectivity index (χ1n) is 14.6. The lowest BCUT2D eigenvalue weighted by Crippen LogP contribution is -2.51. The van der Waals surface area contributed by atoms with Crippen molar-refractivity contribution in [2.75, 3.05) is 53.0 Å². The number of aliphatic hydroxyl groups excluding tert-OH is 2. The number of amides is 1. The molecule has 3 fully saturated rings. The van der Waals surface area contributed by atoms with Crippen molar-refractivity contribution in [3.05, 3.63) is 71.0 Å². The Balaban J connectivity index is 0.978. The molecule has 2 atom stereocenters. The number of methoxy groups -OCH3 is 1. The van der Waals surface area contributed by atoms with Gasteiger partial charge in [0.2, 0.25) is 0 Å². The standard InChI is InChI=1S/C32H39N3O6/c1-39-31-14-24(8-9-30(31)41-20-21-2-4-22(5-3-21)23-6-7-23)25-16-35(17-25)32(38)27-15-26(10-11-33-27)40-13-12-34-18-28(36)29(37)19-34/h2-5,8-9,14-15,23,25,28-29,36-37H,6-7,10-13,16-20H2,1H3/t28-,29+. The fourth-order valence-electron chi connectivity index (χ4n) is 5.67. The van der Waals surface area contributed by atoms with E-state index in [4.69, 9.17) is 14.2 Å². The van der Waals surface area contributed by atoms with Gasteiger partial charge in [0, 0.05) is 57.7 Å². The van der Waals surface area contributed by atoms with Crippen LogP contribution in [0.1, 0.15) is 47.8 Å². The van der Waals surface area contributed by atoms with Crippen LogP contribution < -0.4 is 9.47 Å². The van der Waals surface area contributed by atoms with E-state index in [9.17, 15) is 15.0 Å². The van der Waals surface area contributed by atoms with Crippen LogP contribution in [0, 0.1) is 0 Å². The molecule has 3 aliphatic heterocycles. The summed E-state index contributed by atoms with van der Waals surface area (Å²) in [6, 6.07) is 14.7. The maximum atomic E-state index is 13.1. The summed E-state index contributed by atoms with van der Waals surface area (Å²) in [5, 5.41) is 19.4. The molecule has 0 spiro atoms. The van der Waals surface area contributed by atoms with Gasteiger partial charge in [-0.25, -0.2) is 0 Å². The summed E-state index contributed by atoms with van der Waals surface area (Å²) in [6.07, 6.45) is 3.61. The minimum atomic E-state index is -0.701. The molecule has 2 N–H and O–H groups in total. The van der Waals surface area contributed by atoms with Crippen molar-refractivity contribution < 1.29 is 29.2 Å². The van der Waals surface area contributed by atoms with Gasteiger partial charge in [-0.05, 0) is 47.6 Å². The van der Waals surface area contributed by atoms with E-state index in [2.05, 4.69) is 35.3 Å². The van der Waals surface area contributed by atoms with Crippen LogP contribution >= 0.6 is 0 Å². The smallest absolute Gasteiger partial charge is 0.272 e. The van der Waals surface area contributed by atoms with Gasteiger partial charge in [-0.1, -0.05) is 30.3 Å². The zero-order valence-electron chi connectivity index (χ0n) is 23.6. The Morgan fingerprint density at radius 2 is 1.66 bits per heavy atom. The highest BCUT2D eigenvalue weighted by molar-refractivity contribution is 6.43. The zero-order chi connectivity index (χ0) is 28.3. The third-order valence-electron chi connectivity index (χ3n) is 8.44. The first-order valence-corrected chi connectivity index (χ1v) is 14.6. The van der Waals surface area contributed by atoms with Crippen molar-refractivity contribution in [2.24, 2.45) is 4.99 Å². The number of carbonyl (C=O) groups is 1. The van der Waals surface area contributed by atoms with Crippen LogP contribution in [0.5, 0.6) is 11.5 Å². The number of ether oxygens (including phenoxy) is 3. The van der Waals surface area contributed by atoms with Gasteiger partial charge in [0.15, 0.2) is 11.5 Å². The van der Waals surface area contributed by atoms with Crippen molar-refractivity contribution >= 4 is 11.6 Å². The fourth-order valence-corrected chi connectivity index (χ4v) is 5.67. The second kappa shape index (κ2) is 12.2. The number of β-amino-alcohol motifs (C(OH)–C–C–N with tert-alkyl or cyclic N) is 2. The first-order chi connectivity index (χ1) is 20.0. The van der Waals surface area contributed by atoms with Gasteiger partial charge in [0.25, 0.3) is 5.91 Å². The van der Waals surface area contributed by atoms with Gasteiger partial charge in [-0.2, -0.15) is 0 Å². The Morgan fingerprint density at radius 3 is 2.37 bits per heavy atom. The van der Waals surface area contributed by atoms with E-state index in [-0.39, 0.29) is 11.8 Å². The van der Waals surface area contributed by atoms with Crippen LogP contribution in [-0.4, -0.2) is 96.8 Å². The average molecular weight is 562 g/mol. The molecule has 1 aliphatic carbocycles. The minimum absolute atomic E-state index is 0.0764. The van der Waals surface area contributed by atoms with E-state index in [0.717, 1.165) is 22.8 Å². The lowest BCUT2D eigenvalue weighted by molar-refractivity contribution is -0.128. The van der Waals surface area contributed by atoms with Gasteiger partial charge in [-0.15, -0.1) is 0 Å². The van der Waals surface area contributed by atoms with E-state index < -0.39 is 12.2 Å². The fraction of sp³-hybridized carbons (Fsp3) is 0.500. The monoisotopic (exact) mass is 561 g/mol. The number of aliphatic hydroxyl groups is 2. The van der Waals surface area contributed by atoms with Crippen LogP contribution in [0.4, 0.5) is 0 Å². The summed E-state index contributed by atoms with van der Waals surface area (Å²) in [6.45, 7) is 4.19. The molecule has 6 rings (SSSR count). The number of carbonyl (C=O) groups excluding carboxylic acids is 1. The molecule has 1 amide bonds. The van der Waals surface area contributed by atoms with Gasteiger partial charge >= 0.3 is 0 Å². The molecule has 2 aromatic rings. The summed E-state index contributed by atoms with van der Waals surface area (Å²) in [5.74, 6) is 3.06. The van der Waals surface area contributed by atoms with Crippen molar-refractivity contribution in [3.63, 3.8) is 0 Å². The molecule has 9 nitrogen and oxygen atoms in total. The van der Waals surface area contributed by atoms with Gasteiger partial charge in [0.05, 0.1) is 19.3 Å². The minimum Gasteiger partial charge on any atom is -0.496 e. The summed E-state index contributed by atoms with van der Waals surface area (Å²) in [5.41, 5.74) is 4.10. The molecule has 0 bridgehead atoms. The van der Waals surface area contributed by atoms with E-state index in [1.807, 2.05) is 21.9 Å². The lowest BCUT2D eigenvalue weighted by atomic mass is 9.90. The van der Waals surface area contributed by atoms with Crippen LogP contribution in [0.3, 0.4) is 0 Å². The van der Waals surface area contributed by atoms with Crippen molar-refractivity contribution in [1.82, 2.24) is 9.80 Å². The van der Waals surface area contributed by atoms with Gasteiger partial charge in [-0.3, -0.25) is 14.7 Å². The van der Waals surface area contributed by atoms with Crippen LogP contribution in [-0.2, 0) is 16.1 Å². The zero-order valence-corrected chi connectivity index (χ0v) is 23.6. The number of likely N-dealkylation sites (tertiary alicyclic amines) is 2. The van der Waals surface area contributed by atoms with Crippen molar-refractivity contribution in [3.8, 4) is 11.5 Å². The topological polar surface area (TPSA) is 104 Å². The largest absolute Gasteiger partial charge is 0.496 e. The third-order valence-corrected chi connectivity index (χ3v) is 8.44. The molecule has 218 valence electrons. The van der Waals surface area contributed by atoms with E-state index >= 15 is 0 Å². The molecule has 2 aromatic carbocycles. The summed E-state index contributed by atoms with van der Waals surface area (Å²) < 4.78 is 17.6. The molecule has 9 heteroatoms. The highest BCUT2D eigenvalue weighted by Crippen LogP contribution is 2.40. The summed E-state index contributed by atoms with van der Waals surface area (Å²) in [7, 11) is 1.65. The predicted octanol–water partition coefficient (Wildman–Crippen LogP) is 2.86. The Hall–Kier alpha value is -3.40. The quantitative estimate of drug-likeness (QED) is 0.435. The second-order valence-electron chi connectivity index (χ2n) is 11.5. The average Bonchev–Trinajstić information content (AvgIpc) is 3.76. The number of hydrogen-bond donors (Lipinski definition) is 2. The SMILES string of the molecule is COc1cc(C2CN(C(=O)C3=NCCC(OCCN4C[C@@H](O)[C@@H](O)C4)=C3)C2)ccc1OCc1ccc(C2CC2)cc1. The number of rotatable bonds is 11. The molecule has 1 saturated carbocycles. The van der Waals surface area contributed by atoms with Crippen molar-refractivity contribution in [1.29, 1.82) is 0 Å². The number of benzene rings is 2. The first kappa shape index (κ1) is 27.8. The number of nitrogens with zero attached hydrogens (tertiary/aromatic N) is 3. The molecule has 41 heavy (non-hydrogen) atoms. The number of hydrogen-bond acceptors (Lipinski definition) is 8. The highest BCUT2D eigenvalue weighted by Gasteiger charge is 2.34. The molecule has 4 aliphatic rings. The van der Waals surface area contributed by atoms with E-state index in [0.29, 0.717) is 76.1 Å². The molecule has 2 saturated heterocycles. The summed E-state index contributed by atoms with van der Waals surface area (Å²) >= 11 is 0. The molecular formula is C32H39N3O6. The number of dihydropyridines is 1. The van der Waals surface area contributed by atoms with Crippen molar-refractivity contribution in [2.45, 2.75) is 49.9 Å². The molecule has 0 unspecified atom stereocenters. The Labute approximate surface area is 241 Å². The highest BCUT2D eigenvalue weighted by atomic mass is 16.5. The predicted molar refractivity (Wildman–Crippen MR) is 154 cm³/mol. The van der Waals surface area contributed by atoms with Crippen LogP contribution in [0.25, 0.3) is 0 Å². The van der Waals surface area contributed by atoms with Crippen LogP contribution in [0.15, 0.2) is 59.3 Å². The molecule has 0 aromatic heterocycles. The van der Waals surface area contributed by atoms with Gasteiger partial charge < -0.3 is 29.3 Å². The third kappa shape index (κ3) is 6.58. The van der Waals surface area contributed by atoms with Crippen LogP contribution in [0.2, 0.25) is 0 Å². The lowest BCUT2D eigenvalue weighted by Gasteiger charge is -2.40. The summed E-state index contributed by atoms with van der Waals surface area (Å²) in [4.78, 5) is 21.3. The second-order valence-corrected chi connectivity index (χ2v) is 11.5. The van der Waals surface area contributed by atoms with E-state index in [1.165, 1.54) is 18.4 Å². The Kier molecular flexibility index (Phi) is 8.27. The Bertz CT molecular complexity index is 1290. The normalized spacial score (nSPS) is 23.0. The molecular weight excluding hydrogens is 522 g/mol. The maximum Gasteiger partial charge on any atom is 0.272 e.